The minimum Gasteiger partial charge on any atom is -0.381 e. The van der Waals surface area contributed by atoms with Crippen molar-refractivity contribution in [1.82, 2.24) is 0 Å². The molecule has 94 valence electrons. The van der Waals surface area contributed by atoms with Crippen molar-refractivity contribution in [3.8, 4) is 0 Å². The number of thioether (sulfide) groups is 1. The summed E-state index contributed by atoms with van der Waals surface area (Å²) in [6, 6.07) is 4.99. The van der Waals surface area contributed by atoms with Gasteiger partial charge in [-0.15, -0.1) is 0 Å². The molecule has 0 bridgehead atoms. The Labute approximate surface area is 111 Å². The van der Waals surface area contributed by atoms with Gasteiger partial charge in [0.25, 0.3) is 0 Å². The first-order chi connectivity index (χ1) is 7.94. The Morgan fingerprint density at radius 3 is 2.82 bits per heavy atom. The van der Waals surface area contributed by atoms with E-state index in [9.17, 15) is 4.39 Å². The van der Waals surface area contributed by atoms with Gasteiger partial charge in [-0.3, -0.25) is 0 Å². The summed E-state index contributed by atoms with van der Waals surface area (Å²) in [6.45, 7) is 4.54. The van der Waals surface area contributed by atoms with Crippen molar-refractivity contribution < 1.29 is 4.39 Å². The van der Waals surface area contributed by atoms with Crippen molar-refractivity contribution in [1.29, 1.82) is 0 Å². The zero-order valence-electron chi connectivity index (χ0n) is 10.1. The highest BCUT2D eigenvalue weighted by Gasteiger charge is 2.28. The number of halogens is 2. The highest BCUT2D eigenvalue weighted by Crippen LogP contribution is 2.35. The molecule has 0 aliphatic carbocycles. The second-order valence-corrected chi connectivity index (χ2v) is 6.85. The molecule has 1 N–H and O–H groups in total. The summed E-state index contributed by atoms with van der Waals surface area (Å²) in [4.78, 5) is 0. The van der Waals surface area contributed by atoms with E-state index in [1.165, 1.54) is 17.9 Å². The van der Waals surface area contributed by atoms with Crippen LogP contribution in [0.15, 0.2) is 18.2 Å². The van der Waals surface area contributed by atoms with E-state index in [2.05, 4.69) is 19.2 Å². The Morgan fingerprint density at radius 2 is 2.18 bits per heavy atom. The van der Waals surface area contributed by atoms with Gasteiger partial charge in [0, 0.05) is 22.5 Å². The third-order valence-corrected chi connectivity index (χ3v) is 4.69. The maximum atomic E-state index is 13.2. The monoisotopic (exact) mass is 273 g/mol. The van der Waals surface area contributed by atoms with Gasteiger partial charge in [-0.25, -0.2) is 4.39 Å². The summed E-state index contributed by atoms with van der Waals surface area (Å²) >= 11 is 7.79. The predicted molar refractivity (Wildman–Crippen MR) is 74.5 cm³/mol. The summed E-state index contributed by atoms with van der Waals surface area (Å²) in [5.74, 6) is 1.97. The molecule has 0 aromatic heterocycles. The molecule has 1 nitrogen and oxygen atoms in total. The fourth-order valence-corrected chi connectivity index (χ4v) is 3.72. The standard InChI is InChI=1S/C13H17ClFNS/c1-13(2)6-12(7-17-8-13)16-11-4-9(14)3-10(15)5-11/h3-5,12,16H,6-8H2,1-2H3. The Balaban J connectivity index is 2.05. The van der Waals surface area contributed by atoms with E-state index in [0.717, 1.165) is 17.9 Å². The second kappa shape index (κ2) is 5.07. The topological polar surface area (TPSA) is 12.0 Å². The first-order valence-electron chi connectivity index (χ1n) is 5.75. The molecule has 1 unspecified atom stereocenters. The fourth-order valence-electron chi connectivity index (χ4n) is 2.23. The molecule has 1 aromatic carbocycles. The molecule has 0 spiro atoms. The third-order valence-electron chi connectivity index (χ3n) is 2.84. The highest BCUT2D eigenvalue weighted by molar-refractivity contribution is 7.99. The van der Waals surface area contributed by atoms with Crippen molar-refractivity contribution in [2.75, 3.05) is 16.8 Å². The minimum absolute atomic E-state index is 0.289. The van der Waals surface area contributed by atoms with E-state index >= 15 is 0 Å². The van der Waals surface area contributed by atoms with Gasteiger partial charge >= 0.3 is 0 Å². The van der Waals surface area contributed by atoms with Crippen LogP contribution in [-0.4, -0.2) is 17.5 Å². The zero-order chi connectivity index (χ0) is 12.5. The summed E-state index contributed by atoms with van der Waals surface area (Å²) in [7, 11) is 0. The SMILES string of the molecule is CC1(C)CSCC(Nc2cc(F)cc(Cl)c2)C1. The molecular formula is C13H17ClFNS. The molecule has 0 saturated carbocycles. The van der Waals surface area contributed by atoms with Gasteiger partial charge in [-0.2, -0.15) is 11.8 Å². The zero-order valence-corrected chi connectivity index (χ0v) is 11.7. The van der Waals surface area contributed by atoms with Crippen LogP contribution in [-0.2, 0) is 0 Å². The maximum Gasteiger partial charge on any atom is 0.126 e. The first-order valence-corrected chi connectivity index (χ1v) is 7.28. The van der Waals surface area contributed by atoms with Gasteiger partial charge in [0.2, 0.25) is 0 Å². The molecule has 17 heavy (non-hydrogen) atoms. The van der Waals surface area contributed by atoms with Gasteiger partial charge in [0.15, 0.2) is 0 Å². The summed E-state index contributed by atoms with van der Waals surface area (Å²) in [5, 5.41) is 3.81. The largest absolute Gasteiger partial charge is 0.381 e. The van der Waals surface area contributed by atoms with Crippen LogP contribution in [0.4, 0.5) is 10.1 Å². The van der Waals surface area contributed by atoms with Crippen LogP contribution in [0.2, 0.25) is 5.02 Å². The van der Waals surface area contributed by atoms with Crippen LogP contribution >= 0.6 is 23.4 Å². The molecule has 1 fully saturated rings. The van der Waals surface area contributed by atoms with E-state index in [1.807, 2.05) is 11.8 Å². The maximum absolute atomic E-state index is 13.2. The molecule has 1 aliphatic heterocycles. The number of benzene rings is 1. The van der Waals surface area contributed by atoms with Crippen LogP contribution in [0.3, 0.4) is 0 Å². The summed E-state index contributed by atoms with van der Waals surface area (Å²) in [5.41, 5.74) is 1.12. The summed E-state index contributed by atoms with van der Waals surface area (Å²) < 4.78 is 13.2. The van der Waals surface area contributed by atoms with E-state index < -0.39 is 0 Å². The Morgan fingerprint density at radius 1 is 1.41 bits per heavy atom. The Hall–Kier alpha value is -0.410. The number of hydrogen-bond acceptors (Lipinski definition) is 2. The normalized spacial score (nSPS) is 23.4. The van der Waals surface area contributed by atoms with Crippen molar-refractivity contribution in [2.45, 2.75) is 26.3 Å². The van der Waals surface area contributed by atoms with Crippen LogP contribution in [0.1, 0.15) is 20.3 Å². The van der Waals surface area contributed by atoms with Gasteiger partial charge in [0.05, 0.1) is 0 Å². The van der Waals surface area contributed by atoms with Gasteiger partial charge in [-0.1, -0.05) is 25.4 Å². The third kappa shape index (κ3) is 3.78. The first kappa shape index (κ1) is 13.0. The van der Waals surface area contributed by atoms with Crippen LogP contribution in [0.5, 0.6) is 0 Å². The average Bonchev–Trinajstić information content (AvgIpc) is 2.13. The molecule has 0 amide bonds. The van der Waals surface area contributed by atoms with E-state index in [4.69, 9.17) is 11.6 Å². The lowest BCUT2D eigenvalue weighted by Crippen LogP contribution is -2.35. The minimum atomic E-state index is -0.289. The Kier molecular flexibility index (Phi) is 3.88. The number of anilines is 1. The fraction of sp³-hybridized carbons (Fsp3) is 0.538. The number of nitrogens with one attached hydrogen (secondary N) is 1. The van der Waals surface area contributed by atoms with Crippen molar-refractivity contribution >= 4 is 29.1 Å². The molecule has 1 saturated heterocycles. The van der Waals surface area contributed by atoms with Gasteiger partial charge in [0.1, 0.15) is 5.82 Å². The number of hydrogen-bond donors (Lipinski definition) is 1. The van der Waals surface area contributed by atoms with Crippen molar-refractivity contribution in [3.63, 3.8) is 0 Å². The predicted octanol–water partition coefficient (Wildman–Crippen LogP) is 4.42. The van der Waals surface area contributed by atoms with Gasteiger partial charge < -0.3 is 5.32 Å². The molecule has 1 atom stereocenters. The molecule has 1 heterocycles. The van der Waals surface area contributed by atoms with E-state index in [-0.39, 0.29) is 5.82 Å². The van der Waals surface area contributed by atoms with E-state index in [1.54, 1.807) is 6.07 Å². The smallest absolute Gasteiger partial charge is 0.126 e. The van der Waals surface area contributed by atoms with Crippen molar-refractivity contribution in [3.05, 3.63) is 29.0 Å². The lowest BCUT2D eigenvalue weighted by molar-refractivity contribution is 0.358. The molecule has 4 heteroatoms. The van der Waals surface area contributed by atoms with E-state index in [0.29, 0.717) is 16.5 Å². The molecular weight excluding hydrogens is 257 g/mol. The van der Waals surface area contributed by atoms with Crippen LogP contribution < -0.4 is 5.32 Å². The van der Waals surface area contributed by atoms with Crippen LogP contribution in [0, 0.1) is 11.2 Å². The lowest BCUT2D eigenvalue weighted by Gasteiger charge is -2.35. The lowest BCUT2D eigenvalue weighted by atomic mass is 9.88. The molecule has 1 aliphatic rings. The quantitative estimate of drug-likeness (QED) is 0.856. The van der Waals surface area contributed by atoms with Gasteiger partial charge in [-0.05, 0) is 35.8 Å². The summed E-state index contributed by atoms with van der Waals surface area (Å²) in [6.07, 6.45) is 1.11. The molecule has 1 aromatic rings. The molecule has 0 radical (unpaired) electrons. The Bertz CT molecular complexity index is 388. The highest BCUT2D eigenvalue weighted by atomic mass is 35.5. The van der Waals surface area contributed by atoms with Crippen molar-refractivity contribution in [2.24, 2.45) is 5.41 Å². The number of rotatable bonds is 2. The second-order valence-electron chi connectivity index (χ2n) is 5.38. The molecule has 2 rings (SSSR count). The average molecular weight is 274 g/mol. The van der Waals surface area contributed by atoms with Crippen LogP contribution in [0.25, 0.3) is 0 Å².